The average Bonchev–Trinajstić information content (AvgIpc) is 3.35. The summed E-state index contributed by atoms with van der Waals surface area (Å²) in [4.78, 5) is 33.3. The summed E-state index contributed by atoms with van der Waals surface area (Å²) in [5.41, 5.74) is 11.3. The molecule has 2 atom stereocenters. The summed E-state index contributed by atoms with van der Waals surface area (Å²) in [5, 5.41) is 6.33. The predicted molar refractivity (Wildman–Crippen MR) is 158 cm³/mol. The topological polar surface area (TPSA) is 106 Å². The van der Waals surface area contributed by atoms with Gasteiger partial charge in [0.1, 0.15) is 5.60 Å². The van der Waals surface area contributed by atoms with Gasteiger partial charge in [0.25, 0.3) is 0 Å². The number of nitrogens with two attached hydrogens (primary N) is 1. The molecule has 206 valence electrons. The van der Waals surface area contributed by atoms with Gasteiger partial charge in [0, 0.05) is 47.9 Å². The number of nitrogens with zero attached hydrogens (tertiary/aromatic N) is 5. The zero-order valence-electron chi connectivity index (χ0n) is 23.1. The van der Waals surface area contributed by atoms with E-state index in [0.717, 1.165) is 50.9 Å². The van der Waals surface area contributed by atoms with Gasteiger partial charge in [-0.1, -0.05) is 42.5 Å². The van der Waals surface area contributed by atoms with Crippen molar-refractivity contribution in [2.75, 3.05) is 18.0 Å². The molecule has 0 bridgehead atoms. The lowest BCUT2D eigenvalue weighted by Crippen LogP contribution is -2.80. The number of carbonyl (C=O) groups excluding carboxylic acids is 2. The molecule has 2 saturated heterocycles. The van der Waals surface area contributed by atoms with Crippen molar-refractivity contribution >= 4 is 34.1 Å². The maximum Gasteiger partial charge on any atom is 0.410 e. The largest absolute Gasteiger partial charge is 0.444 e. The van der Waals surface area contributed by atoms with Crippen molar-refractivity contribution in [1.82, 2.24) is 19.5 Å². The van der Waals surface area contributed by atoms with Crippen LogP contribution in [-0.2, 0) is 4.74 Å². The Balaban J connectivity index is 1.10. The summed E-state index contributed by atoms with van der Waals surface area (Å²) in [7, 11) is 0. The Morgan fingerprint density at radius 3 is 2.34 bits per heavy atom. The first kappa shape index (κ1) is 25.1. The summed E-state index contributed by atoms with van der Waals surface area (Å²) in [6, 6.07) is 20.4. The average molecular weight is 547 g/mol. The van der Waals surface area contributed by atoms with Crippen LogP contribution in [0.2, 0.25) is 0 Å². The summed E-state index contributed by atoms with van der Waals surface area (Å²) in [5.74, 6) is -0.453. The number of amides is 2. The van der Waals surface area contributed by atoms with Crippen molar-refractivity contribution in [3.05, 3.63) is 84.8 Å². The van der Waals surface area contributed by atoms with Crippen LogP contribution in [0.1, 0.15) is 31.1 Å². The molecule has 41 heavy (non-hydrogen) atoms. The molecule has 2 amide bonds. The monoisotopic (exact) mass is 546 g/mol. The van der Waals surface area contributed by atoms with Gasteiger partial charge in [-0.3, -0.25) is 9.69 Å². The molecule has 2 aromatic heterocycles. The van der Waals surface area contributed by atoms with Gasteiger partial charge in [-0.05, 0) is 60.9 Å². The molecule has 0 spiro atoms. The third kappa shape index (κ3) is 4.16. The highest BCUT2D eigenvalue weighted by Crippen LogP contribution is 2.39. The Labute approximate surface area is 237 Å². The molecule has 2 unspecified atom stereocenters. The number of hydrogen-bond acceptors (Lipinski definition) is 6. The Hall–Kier alpha value is -4.92. The van der Waals surface area contributed by atoms with E-state index in [0.29, 0.717) is 18.2 Å². The van der Waals surface area contributed by atoms with E-state index < -0.39 is 11.5 Å². The molecule has 0 aliphatic carbocycles. The Morgan fingerprint density at radius 2 is 1.63 bits per heavy atom. The summed E-state index contributed by atoms with van der Waals surface area (Å²) in [6.45, 7) is 7.17. The van der Waals surface area contributed by atoms with Gasteiger partial charge in [0.05, 0.1) is 18.3 Å². The number of piperazine rings is 1. The second-order valence-corrected chi connectivity index (χ2v) is 11.7. The second kappa shape index (κ2) is 9.05. The first-order valence-corrected chi connectivity index (χ1v) is 13.7. The second-order valence-electron chi connectivity index (χ2n) is 11.7. The molecule has 7 rings (SSSR count). The van der Waals surface area contributed by atoms with Gasteiger partial charge in [-0.15, -0.1) is 0 Å². The molecule has 0 radical (unpaired) electrons. The van der Waals surface area contributed by atoms with Crippen molar-refractivity contribution in [3.63, 3.8) is 0 Å². The van der Waals surface area contributed by atoms with Crippen LogP contribution < -0.4 is 10.6 Å². The van der Waals surface area contributed by atoms with Gasteiger partial charge in [-0.2, -0.15) is 5.10 Å². The van der Waals surface area contributed by atoms with E-state index in [1.54, 1.807) is 16.8 Å². The van der Waals surface area contributed by atoms with E-state index >= 15 is 0 Å². The van der Waals surface area contributed by atoms with Crippen molar-refractivity contribution in [1.29, 1.82) is 0 Å². The lowest BCUT2D eigenvalue weighted by atomic mass is 9.85. The van der Waals surface area contributed by atoms with E-state index in [2.05, 4.69) is 34.3 Å². The number of benzene rings is 3. The Morgan fingerprint density at radius 1 is 0.878 bits per heavy atom. The smallest absolute Gasteiger partial charge is 0.410 e. The number of carbonyl (C=O) groups is 2. The SMILES string of the molecule is CC(C)(C)OC(=O)N1CC2C1CN2c1ccc(-c2cnc3c(-c4cccc5c(C(N)=O)cccc45)cnn3c2)cc1. The van der Waals surface area contributed by atoms with Crippen LogP contribution in [0.3, 0.4) is 0 Å². The van der Waals surface area contributed by atoms with E-state index in [4.69, 9.17) is 15.5 Å². The van der Waals surface area contributed by atoms with Gasteiger partial charge in [0.15, 0.2) is 5.65 Å². The maximum absolute atomic E-state index is 12.4. The lowest BCUT2D eigenvalue weighted by molar-refractivity contribution is -0.0309. The Kier molecular flexibility index (Phi) is 5.54. The molecular weight excluding hydrogens is 516 g/mol. The molecule has 4 heterocycles. The fourth-order valence-electron chi connectivity index (χ4n) is 5.90. The molecular formula is C32H30N6O3. The van der Waals surface area contributed by atoms with Gasteiger partial charge >= 0.3 is 6.09 Å². The normalized spacial score (nSPS) is 18.1. The number of fused-ring (bicyclic) bond motifs is 3. The summed E-state index contributed by atoms with van der Waals surface area (Å²) >= 11 is 0. The van der Waals surface area contributed by atoms with Crippen molar-refractivity contribution in [2.24, 2.45) is 5.73 Å². The predicted octanol–water partition coefficient (Wildman–Crippen LogP) is 5.12. The number of rotatable bonds is 4. The molecule has 2 aliphatic rings. The van der Waals surface area contributed by atoms with Gasteiger partial charge < -0.3 is 15.4 Å². The van der Waals surface area contributed by atoms with Gasteiger partial charge in [-0.25, -0.2) is 14.3 Å². The number of anilines is 1. The minimum atomic E-state index is -0.483. The van der Waals surface area contributed by atoms with E-state index in [1.807, 2.05) is 68.4 Å². The molecule has 2 N–H and O–H groups in total. The summed E-state index contributed by atoms with van der Waals surface area (Å²) in [6.07, 6.45) is 5.42. The zero-order chi connectivity index (χ0) is 28.5. The van der Waals surface area contributed by atoms with Crippen molar-refractivity contribution in [2.45, 2.75) is 38.5 Å². The lowest BCUT2D eigenvalue weighted by Gasteiger charge is -2.62. The van der Waals surface area contributed by atoms with Gasteiger partial charge in [0.2, 0.25) is 5.91 Å². The van der Waals surface area contributed by atoms with Crippen LogP contribution in [0.15, 0.2) is 79.3 Å². The van der Waals surface area contributed by atoms with Crippen LogP contribution in [-0.4, -0.2) is 62.3 Å². The molecule has 5 aromatic rings. The first-order chi connectivity index (χ1) is 19.7. The quantitative estimate of drug-likeness (QED) is 0.335. The van der Waals surface area contributed by atoms with Crippen molar-refractivity contribution in [3.8, 4) is 22.3 Å². The van der Waals surface area contributed by atoms with E-state index in [9.17, 15) is 9.59 Å². The number of aromatic nitrogens is 3. The third-order valence-electron chi connectivity index (χ3n) is 8.01. The molecule has 0 saturated carbocycles. The van der Waals surface area contributed by atoms with Crippen LogP contribution in [0, 0.1) is 0 Å². The third-order valence-corrected chi connectivity index (χ3v) is 8.01. The highest BCUT2D eigenvalue weighted by atomic mass is 16.6. The zero-order valence-corrected chi connectivity index (χ0v) is 23.1. The molecule has 9 heteroatoms. The first-order valence-electron chi connectivity index (χ1n) is 13.7. The Bertz CT molecular complexity index is 1840. The highest BCUT2D eigenvalue weighted by molar-refractivity contribution is 6.10. The minimum Gasteiger partial charge on any atom is -0.444 e. The van der Waals surface area contributed by atoms with Crippen LogP contribution >= 0.6 is 0 Å². The molecule has 2 fully saturated rings. The molecule has 9 nitrogen and oxygen atoms in total. The number of likely N-dealkylation sites (tertiary alicyclic amines) is 1. The van der Waals surface area contributed by atoms with Crippen molar-refractivity contribution < 1.29 is 14.3 Å². The standard InChI is InChI=1S/C32H30N6O3/c1-32(2,3)41-31(40)37-18-27-28(37)17-36(27)21-12-10-19(11-13-21)20-14-34-30-26(15-35-38(30)16-20)24-8-4-7-23-22(24)6-5-9-25(23)29(33)39/h4-16,27-28H,17-18H2,1-3H3,(H2,33,39). The van der Waals surface area contributed by atoms with Crippen LogP contribution in [0.25, 0.3) is 38.7 Å². The van der Waals surface area contributed by atoms with Crippen LogP contribution in [0.5, 0.6) is 0 Å². The minimum absolute atomic E-state index is 0.217. The van der Waals surface area contributed by atoms with E-state index in [-0.39, 0.29) is 12.1 Å². The van der Waals surface area contributed by atoms with E-state index in [1.165, 1.54) is 0 Å². The highest BCUT2D eigenvalue weighted by Gasteiger charge is 2.54. The fourth-order valence-corrected chi connectivity index (χ4v) is 5.90. The maximum atomic E-state index is 12.4. The molecule has 3 aromatic carbocycles. The number of ether oxygens (including phenoxy) is 1. The van der Waals surface area contributed by atoms with Crippen LogP contribution in [0.4, 0.5) is 10.5 Å². The fraction of sp³-hybridized carbons (Fsp3) is 0.250. The number of primary amides is 1. The number of hydrogen-bond donors (Lipinski definition) is 1. The summed E-state index contributed by atoms with van der Waals surface area (Å²) < 4.78 is 7.31. The molecule has 2 aliphatic heterocycles.